The number of hydrogen-bond donors (Lipinski definition) is 1. The zero-order valence-corrected chi connectivity index (χ0v) is 12.6. The number of benzene rings is 1. The topological polar surface area (TPSA) is 49.2 Å². The maximum absolute atomic E-state index is 9.52. The van der Waals surface area contributed by atoms with Crippen molar-refractivity contribution in [2.24, 2.45) is 0 Å². The van der Waals surface area contributed by atoms with Gasteiger partial charge in [0.05, 0.1) is 6.10 Å². The van der Waals surface area contributed by atoms with Crippen molar-refractivity contribution < 1.29 is 5.11 Å². The Hall–Kier alpha value is -1.46. The largest absolute Gasteiger partial charge is 0.393 e. The molecule has 2 heterocycles. The number of anilines is 1. The van der Waals surface area contributed by atoms with Crippen LogP contribution >= 0.6 is 15.9 Å². The average molecular weight is 334 g/mol. The molecule has 1 aromatic heterocycles. The van der Waals surface area contributed by atoms with Crippen LogP contribution in [0.15, 0.2) is 41.1 Å². The van der Waals surface area contributed by atoms with Crippen LogP contribution in [0.5, 0.6) is 0 Å². The molecule has 1 aromatic carbocycles. The van der Waals surface area contributed by atoms with E-state index in [0.29, 0.717) is 0 Å². The lowest BCUT2D eigenvalue weighted by atomic mass is 10.1. The Labute approximate surface area is 126 Å². The third kappa shape index (κ3) is 2.99. The second-order valence-corrected chi connectivity index (χ2v) is 5.91. The molecule has 5 heteroatoms. The van der Waals surface area contributed by atoms with E-state index in [1.807, 2.05) is 36.7 Å². The number of rotatable bonds is 2. The highest BCUT2D eigenvalue weighted by atomic mass is 79.9. The van der Waals surface area contributed by atoms with E-state index in [9.17, 15) is 5.11 Å². The molecule has 0 spiro atoms. The summed E-state index contributed by atoms with van der Waals surface area (Å²) in [5.74, 6) is 0.748. The van der Waals surface area contributed by atoms with Gasteiger partial charge in [-0.1, -0.05) is 28.1 Å². The second-order valence-electron chi connectivity index (χ2n) is 5.00. The summed E-state index contributed by atoms with van der Waals surface area (Å²) in [5, 5.41) is 9.52. The number of nitrogens with zero attached hydrogens (tertiary/aromatic N) is 3. The standard InChI is InChI=1S/C15H16BrN3O/c16-13-3-1-11(2-4-13)12-9-17-15(18-10-12)19-7-5-14(20)6-8-19/h1-4,9-10,14,20H,5-8H2. The van der Waals surface area contributed by atoms with Crippen molar-refractivity contribution in [3.63, 3.8) is 0 Å². The van der Waals surface area contributed by atoms with Gasteiger partial charge < -0.3 is 10.0 Å². The highest BCUT2D eigenvalue weighted by Crippen LogP contribution is 2.22. The van der Waals surface area contributed by atoms with E-state index in [1.165, 1.54) is 0 Å². The summed E-state index contributed by atoms with van der Waals surface area (Å²) in [6.45, 7) is 1.64. The van der Waals surface area contributed by atoms with Gasteiger partial charge in [-0.05, 0) is 30.5 Å². The van der Waals surface area contributed by atoms with Crippen molar-refractivity contribution in [2.75, 3.05) is 18.0 Å². The van der Waals surface area contributed by atoms with E-state index in [2.05, 4.69) is 30.8 Å². The van der Waals surface area contributed by atoms with Gasteiger partial charge in [0.1, 0.15) is 0 Å². The molecule has 0 radical (unpaired) electrons. The predicted molar refractivity (Wildman–Crippen MR) is 82.6 cm³/mol. The van der Waals surface area contributed by atoms with Crippen molar-refractivity contribution in [1.29, 1.82) is 0 Å². The number of halogens is 1. The van der Waals surface area contributed by atoms with Crippen LogP contribution in [0, 0.1) is 0 Å². The molecule has 0 amide bonds. The summed E-state index contributed by atoms with van der Waals surface area (Å²) in [5.41, 5.74) is 2.12. The van der Waals surface area contributed by atoms with Crippen molar-refractivity contribution in [3.05, 3.63) is 41.1 Å². The Kier molecular flexibility index (Phi) is 3.98. The Bertz CT molecular complexity index is 563. The van der Waals surface area contributed by atoms with E-state index in [4.69, 9.17) is 0 Å². The van der Waals surface area contributed by atoms with E-state index in [-0.39, 0.29) is 6.10 Å². The number of hydrogen-bond acceptors (Lipinski definition) is 4. The number of aliphatic hydroxyl groups excluding tert-OH is 1. The van der Waals surface area contributed by atoms with Gasteiger partial charge in [-0.3, -0.25) is 0 Å². The zero-order valence-electron chi connectivity index (χ0n) is 11.0. The van der Waals surface area contributed by atoms with Crippen LogP contribution in [-0.4, -0.2) is 34.3 Å². The lowest BCUT2D eigenvalue weighted by molar-refractivity contribution is 0.145. The molecule has 0 aliphatic carbocycles. The zero-order chi connectivity index (χ0) is 13.9. The average Bonchev–Trinajstić information content (AvgIpc) is 2.49. The van der Waals surface area contributed by atoms with E-state index in [1.54, 1.807) is 0 Å². The van der Waals surface area contributed by atoms with Crippen molar-refractivity contribution >= 4 is 21.9 Å². The molecule has 0 bridgehead atoms. The van der Waals surface area contributed by atoms with Crippen LogP contribution < -0.4 is 4.90 Å². The fourth-order valence-electron chi connectivity index (χ4n) is 2.34. The van der Waals surface area contributed by atoms with Crippen LogP contribution in [-0.2, 0) is 0 Å². The van der Waals surface area contributed by atoms with E-state index in [0.717, 1.165) is 47.5 Å². The van der Waals surface area contributed by atoms with Crippen LogP contribution in [0.3, 0.4) is 0 Å². The van der Waals surface area contributed by atoms with Crippen molar-refractivity contribution in [1.82, 2.24) is 9.97 Å². The van der Waals surface area contributed by atoms with Crippen LogP contribution in [0.1, 0.15) is 12.8 Å². The highest BCUT2D eigenvalue weighted by molar-refractivity contribution is 9.10. The molecule has 0 saturated carbocycles. The van der Waals surface area contributed by atoms with Crippen LogP contribution in [0.25, 0.3) is 11.1 Å². The summed E-state index contributed by atoms with van der Waals surface area (Å²) in [6.07, 6.45) is 5.12. The molecule has 1 saturated heterocycles. The van der Waals surface area contributed by atoms with E-state index < -0.39 is 0 Å². The molecular weight excluding hydrogens is 318 g/mol. The van der Waals surface area contributed by atoms with Crippen molar-refractivity contribution in [3.8, 4) is 11.1 Å². The summed E-state index contributed by atoms with van der Waals surface area (Å²) >= 11 is 3.43. The molecule has 1 aliphatic rings. The van der Waals surface area contributed by atoms with E-state index >= 15 is 0 Å². The number of piperidine rings is 1. The highest BCUT2D eigenvalue weighted by Gasteiger charge is 2.18. The monoisotopic (exact) mass is 333 g/mol. The molecule has 104 valence electrons. The molecule has 3 rings (SSSR count). The predicted octanol–water partition coefficient (Wildman–Crippen LogP) is 2.87. The minimum absolute atomic E-state index is 0.173. The lowest BCUT2D eigenvalue weighted by Gasteiger charge is -2.29. The normalized spacial score (nSPS) is 16.4. The third-order valence-electron chi connectivity index (χ3n) is 3.56. The summed E-state index contributed by atoms with van der Waals surface area (Å²) in [6, 6.07) is 8.10. The van der Waals surface area contributed by atoms with Gasteiger partial charge in [0, 0.05) is 35.5 Å². The van der Waals surface area contributed by atoms with Gasteiger partial charge in [0.25, 0.3) is 0 Å². The van der Waals surface area contributed by atoms with Gasteiger partial charge in [-0.2, -0.15) is 0 Å². The second kappa shape index (κ2) is 5.89. The first-order valence-electron chi connectivity index (χ1n) is 6.73. The number of aliphatic hydroxyl groups is 1. The van der Waals surface area contributed by atoms with Gasteiger partial charge in [-0.15, -0.1) is 0 Å². The lowest BCUT2D eigenvalue weighted by Crippen LogP contribution is -2.36. The maximum Gasteiger partial charge on any atom is 0.225 e. The summed E-state index contributed by atoms with van der Waals surface area (Å²) < 4.78 is 1.06. The Morgan fingerprint density at radius 2 is 1.60 bits per heavy atom. The number of aromatic nitrogens is 2. The first-order valence-corrected chi connectivity index (χ1v) is 7.53. The molecule has 1 fully saturated rings. The molecule has 4 nitrogen and oxygen atoms in total. The first kappa shape index (κ1) is 13.5. The molecule has 2 aromatic rings. The van der Waals surface area contributed by atoms with Crippen LogP contribution in [0.2, 0.25) is 0 Å². The molecule has 0 atom stereocenters. The first-order chi connectivity index (χ1) is 9.72. The van der Waals surface area contributed by atoms with Crippen molar-refractivity contribution in [2.45, 2.75) is 18.9 Å². The quantitative estimate of drug-likeness (QED) is 0.918. The smallest absolute Gasteiger partial charge is 0.225 e. The minimum Gasteiger partial charge on any atom is -0.393 e. The van der Waals surface area contributed by atoms with Gasteiger partial charge in [0.2, 0.25) is 5.95 Å². The van der Waals surface area contributed by atoms with Crippen LogP contribution in [0.4, 0.5) is 5.95 Å². The molecule has 0 unspecified atom stereocenters. The molecule has 20 heavy (non-hydrogen) atoms. The Balaban J connectivity index is 1.76. The fourth-order valence-corrected chi connectivity index (χ4v) is 2.61. The molecule has 1 aliphatic heterocycles. The van der Waals surface area contributed by atoms with Gasteiger partial charge >= 0.3 is 0 Å². The summed E-state index contributed by atoms with van der Waals surface area (Å²) in [4.78, 5) is 11.0. The SMILES string of the molecule is OC1CCN(c2ncc(-c3ccc(Br)cc3)cn2)CC1. The third-order valence-corrected chi connectivity index (χ3v) is 4.09. The summed E-state index contributed by atoms with van der Waals surface area (Å²) in [7, 11) is 0. The van der Waals surface area contributed by atoms with Gasteiger partial charge in [0.15, 0.2) is 0 Å². The fraction of sp³-hybridized carbons (Fsp3) is 0.333. The van der Waals surface area contributed by atoms with Gasteiger partial charge in [-0.25, -0.2) is 9.97 Å². The Morgan fingerprint density at radius 3 is 2.20 bits per heavy atom. The molecular formula is C15H16BrN3O. The minimum atomic E-state index is -0.173. The maximum atomic E-state index is 9.52. The Morgan fingerprint density at radius 1 is 1.00 bits per heavy atom. The molecule has 1 N–H and O–H groups in total.